The largest absolute Gasteiger partial charge is 0.468 e. The van der Waals surface area contributed by atoms with E-state index >= 15 is 0 Å². The maximum absolute atomic E-state index is 5.65. The molecule has 1 atom stereocenters. The molecule has 1 aromatic heterocycles. The van der Waals surface area contributed by atoms with E-state index in [1.54, 1.807) is 13.3 Å². The Balaban J connectivity index is 1.99. The van der Waals surface area contributed by atoms with Crippen LogP contribution in [0.2, 0.25) is 0 Å². The van der Waals surface area contributed by atoms with E-state index in [2.05, 4.69) is 40.4 Å². The molecule has 1 aromatic rings. The molecule has 5 nitrogen and oxygen atoms in total. The van der Waals surface area contributed by atoms with Gasteiger partial charge in [-0.2, -0.15) is 0 Å². The van der Waals surface area contributed by atoms with E-state index in [4.69, 9.17) is 4.42 Å². The summed E-state index contributed by atoms with van der Waals surface area (Å²) in [6.45, 7) is 7.31. The van der Waals surface area contributed by atoms with Gasteiger partial charge in [0, 0.05) is 19.6 Å². The molecule has 0 amide bonds. The Hall–Kier alpha value is -1.49. The highest BCUT2D eigenvalue weighted by molar-refractivity contribution is 5.79. The highest BCUT2D eigenvalue weighted by atomic mass is 16.3. The van der Waals surface area contributed by atoms with Crippen molar-refractivity contribution in [2.75, 3.05) is 26.7 Å². The highest BCUT2D eigenvalue weighted by Gasteiger charge is 2.24. The lowest BCUT2D eigenvalue weighted by atomic mass is 10.1. The summed E-state index contributed by atoms with van der Waals surface area (Å²) in [5, 5.41) is 6.75. The molecule has 0 saturated carbocycles. The molecule has 1 fully saturated rings. The number of guanidine groups is 1. The summed E-state index contributed by atoms with van der Waals surface area (Å²) in [6, 6.07) is 4.67. The molecule has 118 valence electrons. The molecular weight excluding hydrogens is 264 g/mol. The van der Waals surface area contributed by atoms with E-state index in [0.29, 0.717) is 6.04 Å². The molecule has 1 unspecified atom stereocenters. The normalized spacial score (nSPS) is 18.8. The van der Waals surface area contributed by atoms with Gasteiger partial charge < -0.3 is 15.1 Å². The lowest BCUT2D eigenvalue weighted by Gasteiger charge is -2.33. The van der Waals surface area contributed by atoms with E-state index < -0.39 is 0 Å². The van der Waals surface area contributed by atoms with Crippen molar-refractivity contribution >= 4 is 5.96 Å². The van der Waals surface area contributed by atoms with Gasteiger partial charge in [0.1, 0.15) is 5.76 Å². The predicted octanol–water partition coefficient (Wildman–Crippen LogP) is 2.38. The molecule has 1 aliphatic heterocycles. The van der Waals surface area contributed by atoms with Crippen molar-refractivity contribution in [3.05, 3.63) is 24.2 Å². The minimum Gasteiger partial charge on any atom is -0.468 e. The van der Waals surface area contributed by atoms with Crippen molar-refractivity contribution in [3.63, 3.8) is 0 Å². The smallest absolute Gasteiger partial charge is 0.191 e. The predicted molar refractivity (Wildman–Crippen MR) is 86.5 cm³/mol. The summed E-state index contributed by atoms with van der Waals surface area (Å²) < 4.78 is 5.65. The van der Waals surface area contributed by atoms with Gasteiger partial charge in [0.15, 0.2) is 5.96 Å². The zero-order valence-electron chi connectivity index (χ0n) is 13.4. The van der Waals surface area contributed by atoms with Crippen LogP contribution in [0.4, 0.5) is 0 Å². The molecule has 1 aliphatic rings. The molecule has 21 heavy (non-hydrogen) atoms. The topological polar surface area (TPSA) is 52.8 Å². The van der Waals surface area contributed by atoms with Crippen LogP contribution >= 0.6 is 0 Å². The van der Waals surface area contributed by atoms with E-state index in [9.17, 15) is 0 Å². The second-order valence-electron chi connectivity index (χ2n) is 5.88. The molecule has 5 heteroatoms. The van der Waals surface area contributed by atoms with Crippen LogP contribution in [0.15, 0.2) is 27.8 Å². The van der Waals surface area contributed by atoms with Gasteiger partial charge in [0.2, 0.25) is 0 Å². The van der Waals surface area contributed by atoms with Crippen LogP contribution in [-0.2, 0) is 0 Å². The number of aliphatic imine (C=N–C) groups is 1. The SMILES string of the molecule is CN=C(NCC(c1ccco1)N1CCCCC1)NC(C)C. The molecule has 1 saturated heterocycles. The van der Waals surface area contributed by atoms with Crippen LogP contribution in [0.5, 0.6) is 0 Å². The lowest BCUT2D eigenvalue weighted by molar-refractivity contribution is 0.146. The average molecular weight is 292 g/mol. The van der Waals surface area contributed by atoms with Gasteiger partial charge in [-0.3, -0.25) is 9.89 Å². The Kier molecular flexibility index (Phi) is 6.11. The van der Waals surface area contributed by atoms with E-state index in [0.717, 1.165) is 31.4 Å². The number of nitrogens with zero attached hydrogens (tertiary/aromatic N) is 2. The van der Waals surface area contributed by atoms with Gasteiger partial charge in [0.05, 0.1) is 12.3 Å². The quantitative estimate of drug-likeness (QED) is 0.646. The van der Waals surface area contributed by atoms with Crippen molar-refractivity contribution < 1.29 is 4.42 Å². The first-order valence-corrected chi connectivity index (χ1v) is 7.95. The first-order valence-electron chi connectivity index (χ1n) is 7.95. The van der Waals surface area contributed by atoms with Gasteiger partial charge in [-0.25, -0.2) is 0 Å². The zero-order chi connectivity index (χ0) is 15.1. The van der Waals surface area contributed by atoms with Gasteiger partial charge in [-0.05, 0) is 51.9 Å². The standard InChI is InChI=1S/C16H28N4O/c1-13(2)19-16(17-3)18-12-14(15-8-7-11-21-15)20-9-5-4-6-10-20/h7-8,11,13-14H,4-6,9-10,12H2,1-3H3,(H2,17,18,19). The number of piperidine rings is 1. The summed E-state index contributed by atoms with van der Waals surface area (Å²) >= 11 is 0. The first-order chi connectivity index (χ1) is 10.2. The van der Waals surface area contributed by atoms with Gasteiger partial charge >= 0.3 is 0 Å². The van der Waals surface area contributed by atoms with Gasteiger partial charge in [-0.15, -0.1) is 0 Å². The summed E-state index contributed by atoms with van der Waals surface area (Å²) in [6.07, 6.45) is 5.64. The second kappa shape index (κ2) is 8.08. The zero-order valence-corrected chi connectivity index (χ0v) is 13.4. The van der Waals surface area contributed by atoms with Crippen LogP contribution < -0.4 is 10.6 Å². The van der Waals surface area contributed by atoms with Crippen LogP contribution in [0, 0.1) is 0 Å². The molecule has 0 aromatic carbocycles. The van der Waals surface area contributed by atoms with Gasteiger partial charge in [0.25, 0.3) is 0 Å². The Labute approximate surface area is 127 Å². The Morgan fingerprint density at radius 1 is 1.33 bits per heavy atom. The molecule has 2 N–H and O–H groups in total. The average Bonchev–Trinajstić information content (AvgIpc) is 3.01. The Morgan fingerprint density at radius 3 is 2.67 bits per heavy atom. The van der Waals surface area contributed by atoms with Gasteiger partial charge in [-0.1, -0.05) is 6.42 Å². The number of likely N-dealkylation sites (tertiary alicyclic amines) is 1. The van der Waals surface area contributed by atoms with Crippen molar-refractivity contribution in [3.8, 4) is 0 Å². The second-order valence-corrected chi connectivity index (χ2v) is 5.88. The van der Waals surface area contributed by atoms with Crippen molar-refractivity contribution in [2.45, 2.75) is 45.2 Å². The molecule has 2 rings (SSSR count). The van der Waals surface area contributed by atoms with Crippen molar-refractivity contribution in [1.82, 2.24) is 15.5 Å². The Morgan fingerprint density at radius 2 is 2.10 bits per heavy atom. The van der Waals surface area contributed by atoms with Crippen LogP contribution in [0.3, 0.4) is 0 Å². The fraction of sp³-hybridized carbons (Fsp3) is 0.688. The molecule has 0 radical (unpaired) electrons. The van der Waals surface area contributed by atoms with Crippen molar-refractivity contribution in [1.29, 1.82) is 0 Å². The lowest BCUT2D eigenvalue weighted by Crippen LogP contribution is -2.46. The third kappa shape index (κ3) is 4.77. The van der Waals surface area contributed by atoms with E-state index in [-0.39, 0.29) is 6.04 Å². The number of hydrogen-bond acceptors (Lipinski definition) is 3. The monoisotopic (exact) mass is 292 g/mol. The molecule has 0 aliphatic carbocycles. The fourth-order valence-corrected chi connectivity index (χ4v) is 2.78. The molecule has 2 heterocycles. The molecular formula is C16H28N4O. The molecule has 0 spiro atoms. The van der Waals surface area contributed by atoms with Crippen LogP contribution in [0.1, 0.15) is 44.9 Å². The minimum absolute atomic E-state index is 0.269. The number of nitrogens with one attached hydrogen (secondary N) is 2. The highest BCUT2D eigenvalue weighted by Crippen LogP contribution is 2.24. The van der Waals surface area contributed by atoms with Crippen LogP contribution in [-0.4, -0.2) is 43.6 Å². The third-order valence-electron chi connectivity index (χ3n) is 3.81. The van der Waals surface area contributed by atoms with Crippen molar-refractivity contribution in [2.24, 2.45) is 4.99 Å². The fourth-order valence-electron chi connectivity index (χ4n) is 2.78. The maximum Gasteiger partial charge on any atom is 0.191 e. The number of furan rings is 1. The summed E-state index contributed by atoms with van der Waals surface area (Å²) in [7, 11) is 1.81. The van der Waals surface area contributed by atoms with E-state index in [1.807, 2.05) is 6.07 Å². The number of rotatable bonds is 5. The number of hydrogen-bond donors (Lipinski definition) is 2. The summed E-state index contributed by atoms with van der Waals surface area (Å²) in [5.41, 5.74) is 0. The first kappa shape index (κ1) is 15.9. The van der Waals surface area contributed by atoms with E-state index in [1.165, 1.54) is 19.3 Å². The summed E-state index contributed by atoms with van der Waals surface area (Å²) in [4.78, 5) is 6.78. The summed E-state index contributed by atoms with van der Waals surface area (Å²) in [5.74, 6) is 1.88. The Bertz CT molecular complexity index is 421. The molecule has 0 bridgehead atoms. The maximum atomic E-state index is 5.65. The van der Waals surface area contributed by atoms with Crippen LogP contribution in [0.25, 0.3) is 0 Å². The minimum atomic E-state index is 0.269. The third-order valence-corrected chi connectivity index (χ3v) is 3.81.